The predicted molar refractivity (Wildman–Crippen MR) is 120 cm³/mol. The molecule has 0 spiro atoms. The third-order valence-electron chi connectivity index (χ3n) is 4.24. The molecule has 0 radical (unpaired) electrons. The van der Waals surface area contributed by atoms with Gasteiger partial charge < -0.3 is 9.47 Å². The minimum absolute atomic E-state index is 0.266. The molecule has 1 N–H and O–H groups in total. The second-order valence-corrected chi connectivity index (χ2v) is 7.06. The van der Waals surface area contributed by atoms with Crippen molar-refractivity contribution >= 4 is 23.7 Å². The summed E-state index contributed by atoms with van der Waals surface area (Å²) in [6.07, 6.45) is 1.56. The van der Waals surface area contributed by atoms with E-state index < -0.39 is 0 Å². The van der Waals surface area contributed by atoms with E-state index in [0.717, 1.165) is 16.7 Å². The summed E-state index contributed by atoms with van der Waals surface area (Å²) in [5.41, 5.74) is 5.92. The van der Waals surface area contributed by atoms with Crippen molar-refractivity contribution in [3.05, 3.63) is 94.0 Å². The Morgan fingerprint density at radius 2 is 1.83 bits per heavy atom. The lowest BCUT2D eigenvalue weighted by atomic mass is 10.1. The molecule has 0 fully saturated rings. The highest BCUT2D eigenvalue weighted by atomic mass is 35.5. The number of hydrogen-bond donors (Lipinski definition) is 1. The van der Waals surface area contributed by atoms with Gasteiger partial charge in [-0.2, -0.15) is 5.10 Å². The van der Waals surface area contributed by atoms with Crippen LogP contribution in [0.15, 0.2) is 71.8 Å². The summed E-state index contributed by atoms with van der Waals surface area (Å²) in [6, 6.07) is 20.3. The van der Waals surface area contributed by atoms with E-state index in [-0.39, 0.29) is 5.91 Å². The van der Waals surface area contributed by atoms with Crippen LogP contribution in [0.1, 0.15) is 34.0 Å². The van der Waals surface area contributed by atoms with Crippen molar-refractivity contribution in [2.45, 2.75) is 20.5 Å². The van der Waals surface area contributed by atoms with Gasteiger partial charge in [-0.3, -0.25) is 4.79 Å². The highest BCUT2D eigenvalue weighted by molar-refractivity contribution is 6.30. The monoisotopic (exact) mass is 422 g/mol. The third-order valence-corrected chi connectivity index (χ3v) is 4.48. The number of amides is 1. The van der Waals surface area contributed by atoms with Gasteiger partial charge >= 0.3 is 0 Å². The topological polar surface area (TPSA) is 59.9 Å². The number of hydrogen-bond acceptors (Lipinski definition) is 4. The van der Waals surface area contributed by atoms with Gasteiger partial charge in [0.1, 0.15) is 6.61 Å². The Morgan fingerprint density at radius 3 is 2.57 bits per heavy atom. The zero-order valence-electron chi connectivity index (χ0n) is 16.9. The molecular weight excluding hydrogens is 400 g/mol. The average Bonchev–Trinajstić information content (AvgIpc) is 2.74. The number of hydrazone groups is 1. The molecule has 0 atom stereocenters. The van der Waals surface area contributed by atoms with Crippen molar-refractivity contribution in [3.63, 3.8) is 0 Å². The van der Waals surface area contributed by atoms with Gasteiger partial charge in [0.05, 0.1) is 12.8 Å². The molecule has 3 aromatic rings. The molecule has 1 amide bonds. The Labute approximate surface area is 181 Å². The van der Waals surface area contributed by atoms with Crippen LogP contribution >= 0.6 is 11.6 Å². The van der Waals surface area contributed by atoms with Crippen LogP contribution in [-0.4, -0.2) is 18.7 Å². The first-order valence-electron chi connectivity index (χ1n) is 9.59. The van der Waals surface area contributed by atoms with E-state index >= 15 is 0 Å². The van der Waals surface area contributed by atoms with Gasteiger partial charge in [0.15, 0.2) is 11.5 Å². The average molecular weight is 423 g/mol. The fourth-order valence-electron chi connectivity index (χ4n) is 2.72. The van der Waals surface area contributed by atoms with Crippen LogP contribution in [0.2, 0.25) is 5.02 Å². The Morgan fingerprint density at radius 1 is 1.03 bits per heavy atom. The van der Waals surface area contributed by atoms with E-state index in [1.165, 1.54) is 0 Å². The van der Waals surface area contributed by atoms with Gasteiger partial charge in [0, 0.05) is 10.6 Å². The number of nitrogens with zero attached hydrogens (tertiary/aromatic N) is 1. The molecule has 5 nitrogen and oxygen atoms in total. The van der Waals surface area contributed by atoms with Crippen molar-refractivity contribution in [2.75, 3.05) is 6.61 Å². The predicted octanol–water partition coefficient (Wildman–Crippen LogP) is 5.39. The second kappa shape index (κ2) is 10.5. The molecule has 154 valence electrons. The van der Waals surface area contributed by atoms with Crippen LogP contribution in [-0.2, 0) is 6.61 Å². The molecule has 0 heterocycles. The zero-order valence-corrected chi connectivity index (χ0v) is 17.6. The van der Waals surface area contributed by atoms with Crippen LogP contribution in [0.5, 0.6) is 11.5 Å². The van der Waals surface area contributed by atoms with Crippen molar-refractivity contribution in [1.82, 2.24) is 5.43 Å². The second-order valence-electron chi connectivity index (χ2n) is 6.62. The molecule has 0 aliphatic heterocycles. The molecule has 0 aromatic heterocycles. The number of rotatable bonds is 8. The third kappa shape index (κ3) is 6.09. The van der Waals surface area contributed by atoms with Crippen molar-refractivity contribution < 1.29 is 14.3 Å². The maximum absolute atomic E-state index is 12.1. The first kappa shape index (κ1) is 21.4. The van der Waals surface area contributed by atoms with Crippen molar-refractivity contribution in [3.8, 4) is 11.5 Å². The Hall–Kier alpha value is -3.31. The molecule has 0 bridgehead atoms. The van der Waals surface area contributed by atoms with E-state index in [2.05, 4.69) is 10.5 Å². The van der Waals surface area contributed by atoms with Gasteiger partial charge in [-0.05, 0) is 67.4 Å². The van der Waals surface area contributed by atoms with Gasteiger partial charge in [-0.1, -0.05) is 41.4 Å². The van der Waals surface area contributed by atoms with E-state index in [9.17, 15) is 4.79 Å². The molecule has 3 rings (SSSR count). The van der Waals surface area contributed by atoms with Gasteiger partial charge in [0.25, 0.3) is 5.91 Å². The van der Waals surface area contributed by atoms with E-state index in [4.69, 9.17) is 21.1 Å². The summed E-state index contributed by atoms with van der Waals surface area (Å²) in [5, 5.41) is 4.71. The largest absolute Gasteiger partial charge is 0.490 e. The number of aryl methyl sites for hydroxylation is 1. The fraction of sp³-hybridized carbons (Fsp3) is 0.167. The van der Waals surface area contributed by atoms with Gasteiger partial charge in [-0.25, -0.2) is 5.43 Å². The first-order valence-corrected chi connectivity index (χ1v) is 9.97. The highest BCUT2D eigenvalue weighted by Crippen LogP contribution is 2.29. The van der Waals surface area contributed by atoms with Crippen LogP contribution in [0, 0.1) is 6.92 Å². The number of carbonyl (C=O) groups is 1. The minimum Gasteiger partial charge on any atom is -0.490 e. The lowest BCUT2D eigenvalue weighted by Crippen LogP contribution is -2.17. The zero-order chi connectivity index (χ0) is 21.3. The summed E-state index contributed by atoms with van der Waals surface area (Å²) in [7, 11) is 0. The summed E-state index contributed by atoms with van der Waals surface area (Å²) in [5.74, 6) is 0.962. The van der Waals surface area contributed by atoms with Crippen molar-refractivity contribution in [1.29, 1.82) is 0 Å². The lowest BCUT2D eigenvalue weighted by molar-refractivity contribution is 0.0955. The molecule has 0 unspecified atom stereocenters. The number of halogens is 1. The molecule has 0 saturated heterocycles. The van der Waals surface area contributed by atoms with E-state index in [1.54, 1.807) is 18.3 Å². The first-order chi connectivity index (χ1) is 14.5. The SMILES string of the molecule is CCOc1cc(/C=N\NC(=O)c2ccc(C)cc2)ccc1OCc1cccc(Cl)c1. The van der Waals surface area contributed by atoms with Gasteiger partial charge in [-0.15, -0.1) is 0 Å². The summed E-state index contributed by atoms with van der Waals surface area (Å²) < 4.78 is 11.6. The number of ether oxygens (including phenoxy) is 2. The summed E-state index contributed by atoms with van der Waals surface area (Å²) in [4.78, 5) is 12.1. The lowest BCUT2D eigenvalue weighted by Gasteiger charge is -2.12. The molecule has 30 heavy (non-hydrogen) atoms. The molecule has 0 saturated carbocycles. The summed E-state index contributed by atoms with van der Waals surface area (Å²) in [6.45, 7) is 4.75. The van der Waals surface area contributed by atoms with Crippen LogP contribution in [0.3, 0.4) is 0 Å². The smallest absolute Gasteiger partial charge is 0.271 e. The quantitative estimate of drug-likeness (QED) is 0.391. The Balaban J connectivity index is 1.65. The molecule has 0 aliphatic rings. The number of carbonyl (C=O) groups excluding carboxylic acids is 1. The van der Waals surface area contributed by atoms with Crippen LogP contribution in [0.25, 0.3) is 0 Å². The Bertz CT molecular complexity index is 1030. The van der Waals surface area contributed by atoms with Crippen LogP contribution in [0.4, 0.5) is 0 Å². The van der Waals surface area contributed by atoms with E-state index in [1.807, 2.05) is 68.4 Å². The van der Waals surface area contributed by atoms with Gasteiger partial charge in [0.2, 0.25) is 0 Å². The molecule has 0 aliphatic carbocycles. The van der Waals surface area contributed by atoms with E-state index in [0.29, 0.717) is 35.3 Å². The minimum atomic E-state index is -0.266. The molecule has 6 heteroatoms. The highest BCUT2D eigenvalue weighted by Gasteiger charge is 2.07. The summed E-state index contributed by atoms with van der Waals surface area (Å²) >= 11 is 6.02. The number of benzene rings is 3. The standard InChI is InChI=1S/C24H23ClN2O3/c1-3-29-23-14-18(15-26-27-24(28)20-10-7-17(2)8-11-20)9-12-22(23)30-16-19-5-4-6-21(25)13-19/h4-15H,3,16H2,1-2H3,(H,27,28)/b26-15-. The Kier molecular flexibility index (Phi) is 7.46. The number of nitrogens with one attached hydrogen (secondary N) is 1. The molecule has 3 aromatic carbocycles. The molecular formula is C24H23ClN2O3. The maximum Gasteiger partial charge on any atom is 0.271 e. The maximum atomic E-state index is 12.1. The fourth-order valence-corrected chi connectivity index (χ4v) is 2.93. The van der Waals surface area contributed by atoms with Crippen LogP contribution < -0.4 is 14.9 Å². The van der Waals surface area contributed by atoms with Crippen molar-refractivity contribution in [2.24, 2.45) is 5.10 Å². The normalized spacial score (nSPS) is 10.8.